The molecule has 0 aliphatic rings. The predicted molar refractivity (Wildman–Crippen MR) is 78.4 cm³/mol. The zero-order valence-corrected chi connectivity index (χ0v) is 12.1. The maximum Gasteiger partial charge on any atom is 0.158 e. The summed E-state index contributed by atoms with van der Waals surface area (Å²) in [7, 11) is 4.15. The average molecular weight is 245 g/mol. The number of fused-ring (bicyclic) bond motifs is 1. The highest BCUT2D eigenvalue weighted by atomic mass is 15.3. The van der Waals surface area contributed by atoms with Gasteiger partial charge in [-0.25, -0.2) is 0 Å². The largest absolute Gasteiger partial charge is 0.358 e. The molecule has 1 heterocycles. The summed E-state index contributed by atoms with van der Waals surface area (Å²) in [4.78, 5) is 2.20. The maximum atomic E-state index is 4.69. The number of hydrogen-bond acceptors (Lipinski definition) is 2. The molecule has 3 heteroatoms. The molecular weight excluding hydrogens is 222 g/mol. The SMILES string of the molecule is CCc1ccc2c(N(C)CC)nn(C)c2c1CC. The van der Waals surface area contributed by atoms with Gasteiger partial charge in [0.2, 0.25) is 0 Å². The van der Waals surface area contributed by atoms with E-state index in [-0.39, 0.29) is 0 Å². The van der Waals surface area contributed by atoms with Gasteiger partial charge in [0.05, 0.1) is 5.52 Å². The monoisotopic (exact) mass is 245 g/mol. The minimum Gasteiger partial charge on any atom is -0.358 e. The summed E-state index contributed by atoms with van der Waals surface area (Å²) >= 11 is 0. The Kier molecular flexibility index (Phi) is 3.60. The van der Waals surface area contributed by atoms with Gasteiger partial charge in [-0.15, -0.1) is 0 Å². The van der Waals surface area contributed by atoms with Gasteiger partial charge < -0.3 is 4.90 Å². The molecule has 0 bridgehead atoms. The molecule has 0 radical (unpaired) electrons. The Morgan fingerprint density at radius 2 is 1.89 bits per heavy atom. The van der Waals surface area contributed by atoms with E-state index in [1.54, 1.807) is 0 Å². The first kappa shape index (κ1) is 12.9. The number of hydrogen-bond donors (Lipinski definition) is 0. The third-order valence-corrected chi connectivity index (χ3v) is 3.76. The van der Waals surface area contributed by atoms with Crippen molar-refractivity contribution < 1.29 is 0 Å². The van der Waals surface area contributed by atoms with Crippen LogP contribution in [0.3, 0.4) is 0 Å². The van der Waals surface area contributed by atoms with Gasteiger partial charge >= 0.3 is 0 Å². The molecule has 0 atom stereocenters. The van der Waals surface area contributed by atoms with Gasteiger partial charge in [0, 0.05) is 26.0 Å². The summed E-state index contributed by atoms with van der Waals surface area (Å²) in [5.41, 5.74) is 4.19. The van der Waals surface area contributed by atoms with Crippen LogP contribution in [0.5, 0.6) is 0 Å². The highest BCUT2D eigenvalue weighted by Gasteiger charge is 2.15. The summed E-state index contributed by atoms with van der Waals surface area (Å²) < 4.78 is 2.04. The van der Waals surface area contributed by atoms with Crippen molar-refractivity contribution in [2.75, 3.05) is 18.5 Å². The third kappa shape index (κ3) is 1.88. The Labute approximate surface area is 109 Å². The average Bonchev–Trinajstić information content (AvgIpc) is 2.74. The van der Waals surface area contributed by atoms with Gasteiger partial charge in [-0.05, 0) is 37.0 Å². The van der Waals surface area contributed by atoms with E-state index < -0.39 is 0 Å². The predicted octanol–water partition coefficient (Wildman–Crippen LogP) is 3.15. The lowest BCUT2D eigenvalue weighted by molar-refractivity contribution is 0.775. The number of anilines is 1. The van der Waals surface area contributed by atoms with Gasteiger partial charge in [0.15, 0.2) is 5.82 Å². The first-order chi connectivity index (χ1) is 8.63. The molecular formula is C15H23N3. The van der Waals surface area contributed by atoms with E-state index in [1.165, 1.54) is 22.0 Å². The molecule has 1 aromatic heterocycles. The van der Waals surface area contributed by atoms with Crippen LogP contribution in [0.15, 0.2) is 12.1 Å². The Morgan fingerprint density at radius 1 is 1.17 bits per heavy atom. The maximum absolute atomic E-state index is 4.69. The summed E-state index contributed by atoms with van der Waals surface area (Å²) in [6.45, 7) is 7.57. The van der Waals surface area contributed by atoms with Crippen molar-refractivity contribution in [3.63, 3.8) is 0 Å². The summed E-state index contributed by atoms with van der Waals surface area (Å²) in [5, 5.41) is 5.96. The van der Waals surface area contributed by atoms with E-state index in [2.05, 4.69) is 50.0 Å². The van der Waals surface area contributed by atoms with Crippen LogP contribution in [-0.2, 0) is 19.9 Å². The lowest BCUT2D eigenvalue weighted by Crippen LogP contribution is -2.16. The summed E-state index contributed by atoms with van der Waals surface area (Å²) in [6, 6.07) is 4.48. The van der Waals surface area contributed by atoms with E-state index in [4.69, 9.17) is 0 Å². The van der Waals surface area contributed by atoms with Crippen LogP contribution < -0.4 is 4.90 Å². The Balaban J connectivity index is 2.75. The molecule has 0 saturated heterocycles. The molecule has 1 aromatic carbocycles. The van der Waals surface area contributed by atoms with Crippen molar-refractivity contribution in [1.29, 1.82) is 0 Å². The normalized spacial score (nSPS) is 11.2. The molecule has 2 aromatic rings. The lowest BCUT2D eigenvalue weighted by atomic mass is 10.00. The Bertz CT molecular complexity index is 554. The van der Waals surface area contributed by atoms with E-state index in [1.807, 2.05) is 11.7 Å². The van der Waals surface area contributed by atoms with Crippen LogP contribution in [0, 0.1) is 0 Å². The minimum absolute atomic E-state index is 0.975. The van der Waals surface area contributed by atoms with Gasteiger partial charge in [-0.2, -0.15) is 5.10 Å². The molecule has 0 fully saturated rings. The molecule has 0 unspecified atom stereocenters. The van der Waals surface area contributed by atoms with Gasteiger partial charge in [0.25, 0.3) is 0 Å². The Morgan fingerprint density at radius 3 is 2.44 bits per heavy atom. The fourth-order valence-corrected chi connectivity index (χ4v) is 2.63. The first-order valence-corrected chi connectivity index (χ1v) is 6.82. The molecule has 0 saturated carbocycles. The van der Waals surface area contributed by atoms with Crippen LogP contribution in [0.4, 0.5) is 5.82 Å². The number of aromatic nitrogens is 2. The fraction of sp³-hybridized carbons (Fsp3) is 0.533. The highest BCUT2D eigenvalue weighted by molar-refractivity contribution is 5.93. The number of aryl methyl sites for hydroxylation is 3. The summed E-state index contributed by atoms with van der Waals surface area (Å²) in [6.07, 6.45) is 2.15. The Hall–Kier alpha value is -1.51. The van der Waals surface area contributed by atoms with E-state index in [0.717, 1.165) is 25.2 Å². The van der Waals surface area contributed by atoms with Gasteiger partial charge in [-0.3, -0.25) is 4.68 Å². The van der Waals surface area contributed by atoms with Crippen molar-refractivity contribution >= 4 is 16.7 Å². The molecule has 0 spiro atoms. The van der Waals surface area contributed by atoms with E-state index in [9.17, 15) is 0 Å². The molecule has 0 aliphatic heterocycles. The van der Waals surface area contributed by atoms with Gasteiger partial charge in [-0.1, -0.05) is 19.9 Å². The molecule has 2 rings (SSSR count). The fourth-order valence-electron chi connectivity index (χ4n) is 2.63. The highest BCUT2D eigenvalue weighted by Crippen LogP contribution is 2.30. The lowest BCUT2D eigenvalue weighted by Gasteiger charge is -2.14. The first-order valence-electron chi connectivity index (χ1n) is 6.82. The van der Waals surface area contributed by atoms with Crippen LogP contribution in [-0.4, -0.2) is 23.4 Å². The molecule has 0 aliphatic carbocycles. The van der Waals surface area contributed by atoms with Crippen LogP contribution in [0.1, 0.15) is 31.9 Å². The van der Waals surface area contributed by atoms with Crippen molar-refractivity contribution in [2.45, 2.75) is 33.6 Å². The minimum atomic E-state index is 0.975. The summed E-state index contributed by atoms with van der Waals surface area (Å²) in [5.74, 6) is 1.09. The van der Waals surface area contributed by atoms with Crippen molar-refractivity contribution in [2.24, 2.45) is 7.05 Å². The smallest absolute Gasteiger partial charge is 0.158 e. The van der Waals surface area contributed by atoms with Crippen LogP contribution in [0.25, 0.3) is 10.9 Å². The molecule has 3 nitrogen and oxygen atoms in total. The molecule has 0 N–H and O–H groups in total. The van der Waals surface area contributed by atoms with E-state index in [0.29, 0.717) is 0 Å². The topological polar surface area (TPSA) is 21.1 Å². The van der Waals surface area contributed by atoms with E-state index >= 15 is 0 Å². The molecule has 0 amide bonds. The zero-order chi connectivity index (χ0) is 13.3. The second kappa shape index (κ2) is 5.01. The van der Waals surface area contributed by atoms with Crippen molar-refractivity contribution in [3.05, 3.63) is 23.3 Å². The molecule has 98 valence electrons. The standard InChI is InChI=1S/C15H23N3/c1-6-11-9-10-13-14(12(11)7-2)18(5)16-15(13)17(4)8-3/h9-10H,6-8H2,1-5H3. The van der Waals surface area contributed by atoms with Crippen LogP contribution >= 0.6 is 0 Å². The number of nitrogens with zero attached hydrogens (tertiary/aromatic N) is 3. The third-order valence-electron chi connectivity index (χ3n) is 3.76. The van der Waals surface area contributed by atoms with Crippen molar-refractivity contribution in [3.8, 4) is 0 Å². The second-order valence-electron chi connectivity index (χ2n) is 4.77. The van der Waals surface area contributed by atoms with Crippen molar-refractivity contribution in [1.82, 2.24) is 9.78 Å². The number of rotatable bonds is 4. The quantitative estimate of drug-likeness (QED) is 0.825. The number of benzene rings is 1. The van der Waals surface area contributed by atoms with Crippen LogP contribution in [0.2, 0.25) is 0 Å². The second-order valence-corrected chi connectivity index (χ2v) is 4.77. The molecule has 18 heavy (non-hydrogen) atoms. The zero-order valence-electron chi connectivity index (χ0n) is 12.1. The van der Waals surface area contributed by atoms with Gasteiger partial charge in [0.1, 0.15) is 0 Å².